The van der Waals surface area contributed by atoms with Gasteiger partial charge in [-0.25, -0.2) is 0 Å². The predicted molar refractivity (Wildman–Crippen MR) is 115 cm³/mol. The molecule has 148 valence electrons. The molecule has 1 atom stereocenters. The molecule has 2 bridgehead atoms. The van der Waals surface area contributed by atoms with E-state index >= 15 is 0 Å². The van der Waals surface area contributed by atoms with Crippen LogP contribution in [0.2, 0.25) is 5.02 Å². The van der Waals surface area contributed by atoms with Crippen LogP contribution in [-0.2, 0) is 9.53 Å². The number of amides is 1. The Hall–Kier alpha value is -2.18. The van der Waals surface area contributed by atoms with Crippen LogP contribution in [0.4, 0.5) is 0 Å². The SMILES string of the molecule is CC#Cc1cc(C)c(C2=C3CCC(CC)C(=C(C(C)C)O3)CNC2=O)c(Cl)c1. The van der Waals surface area contributed by atoms with E-state index < -0.39 is 0 Å². The highest BCUT2D eigenvalue weighted by molar-refractivity contribution is 6.35. The fraction of sp³-hybridized carbons (Fsp3) is 0.458. The number of hydrogen-bond donors (Lipinski definition) is 1. The van der Waals surface area contributed by atoms with Crippen molar-refractivity contribution in [1.29, 1.82) is 0 Å². The summed E-state index contributed by atoms with van der Waals surface area (Å²) in [4.78, 5) is 13.1. The third kappa shape index (κ3) is 3.84. The molecule has 1 N–H and O–H groups in total. The minimum absolute atomic E-state index is 0.119. The van der Waals surface area contributed by atoms with E-state index in [1.165, 1.54) is 5.57 Å². The molecule has 0 saturated heterocycles. The average Bonchev–Trinajstić information content (AvgIpc) is 2.78. The molecule has 2 aliphatic rings. The van der Waals surface area contributed by atoms with Gasteiger partial charge >= 0.3 is 0 Å². The number of ether oxygens (including phenoxy) is 1. The van der Waals surface area contributed by atoms with Crippen molar-refractivity contribution in [3.63, 3.8) is 0 Å². The van der Waals surface area contributed by atoms with Crippen molar-refractivity contribution in [1.82, 2.24) is 5.32 Å². The Morgan fingerprint density at radius 3 is 2.71 bits per heavy atom. The molecule has 1 amide bonds. The summed E-state index contributed by atoms with van der Waals surface area (Å²) in [6, 6.07) is 3.81. The van der Waals surface area contributed by atoms with Gasteiger partial charge in [0.15, 0.2) is 0 Å². The number of carbonyl (C=O) groups is 1. The molecule has 1 aromatic rings. The Labute approximate surface area is 173 Å². The fourth-order valence-corrected chi connectivity index (χ4v) is 4.56. The lowest BCUT2D eigenvalue weighted by Gasteiger charge is -2.25. The lowest BCUT2D eigenvalue weighted by Crippen LogP contribution is -2.31. The number of benzene rings is 1. The van der Waals surface area contributed by atoms with E-state index in [9.17, 15) is 4.79 Å². The Balaban J connectivity index is 2.22. The summed E-state index contributed by atoms with van der Waals surface area (Å²) in [5, 5.41) is 3.66. The number of halogens is 1. The average molecular weight is 398 g/mol. The largest absolute Gasteiger partial charge is 0.465 e. The predicted octanol–water partition coefficient (Wildman–Crippen LogP) is 5.61. The number of fused-ring (bicyclic) bond motifs is 2. The molecule has 1 unspecified atom stereocenters. The second kappa shape index (κ2) is 8.45. The van der Waals surface area contributed by atoms with E-state index in [0.717, 1.165) is 47.5 Å². The van der Waals surface area contributed by atoms with Gasteiger partial charge in [0.1, 0.15) is 11.5 Å². The normalized spacial score (nSPS) is 19.5. The van der Waals surface area contributed by atoms with Gasteiger partial charge in [0.25, 0.3) is 5.91 Å². The monoisotopic (exact) mass is 397 g/mol. The third-order valence-electron chi connectivity index (χ3n) is 5.53. The minimum atomic E-state index is -0.119. The van der Waals surface area contributed by atoms with Gasteiger partial charge in [-0.3, -0.25) is 4.79 Å². The van der Waals surface area contributed by atoms with Gasteiger partial charge in [-0.05, 0) is 55.9 Å². The van der Waals surface area contributed by atoms with Crippen LogP contribution in [0.3, 0.4) is 0 Å². The summed E-state index contributed by atoms with van der Waals surface area (Å²) in [5.41, 5.74) is 4.32. The Bertz CT molecular complexity index is 905. The molecule has 0 saturated carbocycles. The number of rotatable bonds is 3. The molecule has 2 heterocycles. The van der Waals surface area contributed by atoms with Crippen LogP contribution in [0.25, 0.3) is 5.57 Å². The van der Waals surface area contributed by atoms with Crippen LogP contribution in [-0.4, -0.2) is 12.5 Å². The van der Waals surface area contributed by atoms with Gasteiger partial charge in [0.2, 0.25) is 0 Å². The second-order valence-electron chi connectivity index (χ2n) is 7.80. The summed E-state index contributed by atoms with van der Waals surface area (Å²) < 4.78 is 6.45. The van der Waals surface area contributed by atoms with Crippen LogP contribution < -0.4 is 5.32 Å². The van der Waals surface area contributed by atoms with Crippen molar-refractivity contribution in [3.8, 4) is 11.8 Å². The summed E-state index contributed by atoms with van der Waals surface area (Å²) >= 11 is 6.64. The van der Waals surface area contributed by atoms with Crippen molar-refractivity contribution >= 4 is 23.1 Å². The zero-order valence-corrected chi connectivity index (χ0v) is 18.1. The fourth-order valence-electron chi connectivity index (χ4n) is 4.20. The molecule has 4 heteroatoms. The maximum absolute atomic E-state index is 13.1. The molecule has 0 aliphatic carbocycles. The first kappa shape index (κ1) is 20.6. The van der Waals surface area contributed by atoms with Gasteiger partial charge in [-0.1, -0.05) is 38.3 Å². The van der Waals surface area contributed by atoms with Crippen LogP contribution in [0, 0.1) is 30.6 Å². The Morgan fingerprint density at radius 1 is 1.36 bits per heavy atom. The highest BCUT2D eigenvalue weighted by Crippen LogP contribution is 2.41. The van der Waals surface area contributed by atoms with E-state index in [-0.39, 0.29) is 11.8 Å². The highest BCUT2D eigenvalue weighted by atomic mass is 35.5. The quantitative estimate of drug-likeness (QED) is 0.673. The van der Waals surface area contributed by atoms with E-state index in [2.05, 4.69) is 37.9 Å². The van der Waals surface area contributed by atoms with Gasteiger partial charge in [-0.2, -0.15) is 0 Å². The number of hydrogen-bond acceptors (Lipinski definition) is 2. The number of aryl methyl sites for hydroxylation is 1. The first-order valence-electron chi connectivity index (χ1n) is 10.0. The zero-order valence-electron chi connectivity index (χ0n) is 17.3. The van der Waals surface area contributed by atoms with Crippen molar-refractivity contribution in [2.45, 2.75) is 53.9 Å². The molecule has 1 aromatic carbocycles. The zero-order chi connectivity index (χ0) is 20.4. The molecule has 3 nitrogen and oxygen atoms in total. The number of carbonyl (C=O) groups excluding carboxylic acids is 1. The van der Waals surface area contributed by atoms with E-state index in [4.69, 9.17) is 16.3 Å². The standard InChI is InChI=1S/C24H28ClNO2/c1-6-8-16-11-15(5)21(19(25)12-16)22-20-10-9-17(7-2)18(13-26-24(22)27)23(28-20)14(3)4/h11-12,14,17H,7,9-10,13H2,1-5H3,(H,26,27). The lowest BCUT2D eigenvalue weighted by atomic mass is 9.89. The lowest BCUT2D eigenvalue weighted by molar-refractivity contribution is -0.115. The second-order valence-corrected chi connectivity index (χ2v) is 8.20. The minimum Gasteiger partial charge on any atom is -0.465 e. The Kier molecular flexibility index (Phi) is 6.20. The van der Waals surface area contributed by atoms with Gasteiger partial charge in [0.05, 0.1) is 10.6 Å². The maximum atomic E-state index is 13.1. The van der Waals surface area contributed by atoms with Crippen LogP contribution in [0.1, 0.15) is 63.6 Å². The third-order valence-corrected chi connectivity index (χ3v) is 5.83. The molecular formula is C24H28ClNO2. The topological polar surface area (TPSA) is 38.3 Å². The molecular weight excluding hydrogens is 370 g/mol. The number of allylic oxidation sites excluding steroid dienone is 2. The molecule has 0 spiro atoms. The summed E-state index contributed by atoms with van der Waals surface area (Å²) in [6.45, 7) is 10.8. The van der Waals surface area contributed by atoms with Crippen molar-refractivity contribution in [2.24, 2.45) is 11.8 Å². The van der Waals surface area contributed by atoms with Gasteiger partial charge in [0, 0.05) is 30.0 Å². The summed E-state index contributed by atoms with van der Waals surface area (Å²) in [7, 11) is 0. The Morgan fingerprint density at radius 2 is 2.11 bits per heavy atom. The highest BCUT2D eigenvalue weighted by Gasteiger charge is 2.33. The van der Waals surface area contributed by atoms with E-state index in [1.807, 2.05) is 19.1 Å². The first-order chi connectivity index (χ1) is 13.4. The van der Waals surface area contributed by atoms with Crippen LogP contribution in [0.15, 0.2) is 29.2 Å². The van der Waals surface area contributed by atoms with E-state index in [1.54, 1.807) is 6.92 Å². The maximum Gasteiger partial charge on any atom is 0.255 e. The van der Waals surface area contributed by atoms with E-state index in [0.29, 0.717) is 23.1 Å². The molecule has 0 radical (unpaired) electrons. The summed E-state index contributed by atoms with van der Waals surface area (Å²) in [5.74, 6) is 8.23. The van der Waals surface area contributed by atoms with Gasteiger partial charge < -0.3 is 10.1 Å². The smallest absolute Gasteiger partial charge is 0.255 e. The first-order valence-corrected chi connectivity index (χ1v) is 10.4. The molecule has 3 rings (SSSR count). The molecule has 2 aliphatic heterocycles. The van der Waals surface area contributed by atoms with Gasteiger partial charge in [-0.15, -0.1) is 5.92 Å². The van der Waals surface area contributed by atoms with Crippen molar-refractivity contribution in [3.05, 3.63) is 50.9 Å². The summed E-state index contributed by atoms with van der Waals surface area (Å²) in [6.07, 6.45) is 2.75. The number of nitrogens with one attached hydrogen (secondary N) is 1. The van der Waals surface area contributed by atoms with Crippen LogP contribution in [0.5, 0.6) is 0 Å². The molecule has 0 fully saturated rings. The van der Waals surface area contributed by atoms with Crippen molar-refractivity contribution < 1.29 is 9.53 Å². The molecule has 28 heavy (non-hydrogen) atoms. The van der Waals surface area contributed by atoms with Crippen molar-refractivity contribution in [2.75, 3.05) is 6.54 Å². The van der Waals surface area contributed by atoms with Crippen LogP contribution >= 0.6 is 11.6 Å². The molecule has 0 aromatic heterocycles.